The Bertz CT molecular complexity index is 967. The van der Waals surface area contributed by atoms with Gasteiger partial charge in [-0.3, -0.25) is 0 Å². The Morgan fingerprint density at radius 1 is 1.03 bits per heavy atom. The van der Waals surface area contributed by atoms with E-state index in [2.05, 4.69) is 26.3 Å². The molecule has 6 heteroatoms. The number of nitrogens with one attached hydrogen (secondary N) is 1. The molecule has 2 aromatic heterocycles. The van der Waals surface area contributed by atoms with E-state index in [1.54, 1.807) is 6.07 Å². The maximum absolute atomic E-state index is 13.0. The summed E-state index contributed by atoms with van der Waals surface area (Å²) in [5.74, 6) is 1.17. The first kappa shape index (κ1) is 19.6. The maximum Gasteiger partial charge on any atom is 0.225 e. The summed E-state index contributed by atoms with van der Waals surface area (Å²) < 4.78 is 13.0. The number of fused-ring (bicyclic) bond motifs is 1. The van der Waals surface area contributed by atoms with Gasteiger partial charge in [0.15, 0.2) is 0 Å². The average Bonchev–Trinajstić information content (AvgIpc) is 3.27. The van der Waals surface area contributed by atoms with Gasteiger partial charge in [0.25, 0.3) is 0 Å². The summed E-state index contributed by atoms with van der Waals surface area (Å²) in [7, 11) is 0. The zero-order chi connectivity index (χ0) is 20.3. The van der Waals surface area contributed by atoms with E-state index in [0.717, 1.165) is 28.8 Å². The van der Waals surface area contributed by atoms with Crippen molar-refractivity contribution < 1.29 is 4.39 Å². The highest BCUT2D eigenvalue weighted by molar-refractivity contribution is 5.91. The predicted molar refractivity (Wildman–Crippen MR) is 116 cm³/mol. The Balaban J connectivity index is 0.000000994. The van der Waals surface area contributed by atoms with Crippen LogP contribution >= 0.6 is 0 Å². The molecule has 152 valence electrons. The van der Waals surface area contributed by atoms with Gasteiger partial charge in [-0.2, -0.15) is 9.37 Å². The summed E-state index contributed by atoms with van der Waals surface area (Å²) >= 11 is 0. The monoisotopic (exact) mass is 393 g/mol. The maximum atomic E-state index is 13.0. The fraction of sp³-hybridized carbons (Fsp3) is 0.435. The van der Waals surface area contributed by atoms with Crippen LogP contribution in [0.1, 0.15) is 51.5 Å². The second-order valence-electron chi connectivity index (χ2n) is 7.56. The highest BCUT2D eigenvalue weighted by Crippen LogP contribution is 2.47. The third kappa shape index (κ3) is 3.76. The van der Waals surface area contributed by atoms with Crippen LogP contribution in [0.2, 0.25) is 0 Å². The molecule has 0 unspecified atom stereocenters. The molecule has 0 atom stereocenters. The number of pyridine rings is 1. The van der Waals surface area contributed by atoms with E-state index in [9.17, 15) is 4.39 Å². The van der Waals surface area contributed by atoms with Crippen LogP contribution in [-0.4, -0.2) is 27.0 Å². The molecule has 1 aromatic carbocycles. The van der Waals surface area contributed by atoms with Gasteiger partial charge in [0.2, 0.25) is 11.9 Å². The molecular weight excluding hydrogens is 365 g/mol. The molecule has 1 aliphatic heterocycles. The van der Waals surface area contributed by atoms with Crippen LogP contribution in [0.4, 0.5) is 16.2 Å². The third-order valence-electron chi connectivity index (χ3n) is 5.99. The van der Waals surface area contributed by atoms with E-state index in [-0.39, 0.29) is 0 Å². The van der Waals surface area contributed by atoms with E-state index in [1.807, 2.05) is 32.0 Å². The zero-order valence-electron chi connectivity index (χ0n) is 17.2. The van der Waals surface area contributed by atoms with Crippen LogP contribution in [0.3, 0.4) is 0 Å². The van der Waals surface area contributed by atoms with Crippen LogP contribution in [-0.2, 0) is 6.54 Å². The van der Waals surface area contributed by atoms with Gasteiger partial charge < -0.3 is 10.2 Å². The van der Waals surface area contributed by atoms with E-state index in [4.69, 9.17) is 4.98 Å². The van der Waals surface area contributed by atoms with Gasteiger partial charge in [0.05, 0.1) is 5.52 Å². The Hall–Kier alpha value is -2.76. The minimum absolute atomic E-state index is 0.301. The van der Waals surface area contributed by atoms with Crippen molar-refractivity contribution in [1.82, 2.24) is 15.0 Å². The predicted octanol–water partition coefficient (Wildman–Crippen LogP) is 5.33. The zero-order valence-corrected chi connectivity index (χ0v) is 17.2. The third-order valence-corrected chi connectivity index (χ3v) is 5.99. The van der Waals surface area contributed by atoms with Crippen molar-refractivity contribution in [2.45, 2.75) is 58.0 Å². The van der Waals surface area contributed by atoms with Crippen molar-refractivity contribution in [2.75, 3.05) is 16.8 Å². The number of nitrogens with zero attached hydrogens (tertiary/aromatic N) is 4. The molecule has 29 heavy (non-hydrogen) atoms. The molecule has 3 aromatic rings. The van der Waals surface area contributed by atoms with E-state index in [0.29, 0.717) is 18.0 Å². The summed E-state index contributed by atoms with van der Waals surface area (Å²) in [6.45, 7) is 5.57. The van der Waals surface area contributed by atoms with Crippen molar-refractivity contribution in [3.63, 3.8) is 0 Å². The molecule has 5 rings (SSSR count). The van der Waals surface area contributed by atoms with Gasteiger partial charge in [-0.1, -0.05) is 44.9 Å². The van der Waals surface area contributed by atoms with Gasteiger partial charge in [0.1, 0.15) is 5.82 Å². The van der Waals surface area contributed by atoms with Crippen LogP contribution < -0.4 is 10.2 Å². The largest absolute Gasteiger partial charge is 0.350 e. The number of aromatic nitrogens is 3. The van der Waals surface area contributed by atoms with Gasteiger partial charge in [-0.25, -0.2) is 9.97 Å². The number of para-hydroxylation sites is 1. The molecule has 0 radical (unpaired) electrons. The fourth-order valence-electron chi connectivity index (χ4n) is 4.46. The van der Waals surface area contributed by atoms with Crippen LogP contribution in [0.15, 0.2) is 42.6 Å². The van der Waals surface area contributed by atoms with Gasteiger partial charge in [0, 0.05) is 30.2 Å². The molecule has 3 heterocycles. The summed E-state index contributed by atoms with van der Waals surface area (Å²) in [5.41, 5.74) is 2.14. The first-order valence-corrected chi connectivity index (χ1v) is 10.6. The van der Waals surface area contributed by atoms with Gasteiger partial charge in [-0.05, 0) is 43.0 Å². The number of hydrogen-bond donors (Lipinski definition) is 1. The summed E-state index contributed by atoms with van der Waals surface area (Å²) in [5, 5.41) is 4.39. The molecule has 1 saturated heterocycles. The smallest absolute Gasteiger partial charge is 0.225 e. The Labute approximate surface area is 171 Å². The lowest BCUT2D eigenvalue weighted by atomic mass is 9.82. The highest BCUT2D eigenvalue weighted by atomic mass is 19.1. The van der Waals surface area contributed by atoms with E-state index >= 15 is 0 Å². The molecule has 2 aliphatic rings. The van der Waals surface area contributed by atoms with Crippen molar-refractivity contribution >= 4 is 22.7 Å². The highest BCUT2D eigenvalue weighted by Gasteiger charge is 2.47. The standard InChI is InChI=1S/C21H22FN5.C2H6/c22-18-8-7-15(13-23-18)14-24-20-25-17-6-2-1-5-16(17)19(26-20)27-12-11-21(27)9-3-4-10-21;1-2/h1-2,5-8,13H,3-4,9-12,14H2,(H,24,25,26);1-2H3. The first-order chi connectivity index (χ1) is 14.2. The number of anilines is 2. The molecule has 1 N–H and O–H groups in total. The second-order valence-corrected chi connectivity index (χ2v) is 7.56. The average molecular weight is 394 g/mol. The van der Waals surface area contributed by atoms with E-state index in [1.165, 1.54) is 44.4 Å². The first-order valence-electron chi connectivity index (χ1n) is 10.6. The van der Waals surface area contributed by atoms with Crippen molar-refractivity contribution in [1.29, 1.82) is 0 Å². The molecule has 0 amide bonds. The Kier molecular flexibility index (Phi) is 5.60. The van der Waals surface area contributed by atoms with Crippen LogP contribution in [0.25, 0.3) is 10.9 Å². The molecule has 1 saturated carbocycles. The number of benzene rings is 1. The van der Waals surface area contributed by atoms with E-state index < -0.39 is 5.95 Å². The summed E-state index contributed by atoms with van der Waals surface area (Å²) in [6, 6.07) is 11.3. The molecular formula is C23H28FN5. The normalized spacial score (nSPS) is 17.0. The Morgan fingerprint density at radius 2 is 1.83 bits per heavy atom. The quantitative estimate of drug-likeness (QED) is 0.608. The molecule has 1 aliphatic carbocycles. The lowest BCUT2D eigenvalue weighted by molar-refractivity contribution is 0.279. The molecule has 5 nitrogen and oxygen atoms in total. The number of halogens is 1. The minimum Gasteiger partial charge on any atom is -0.350 e. The SMILES string of the molecule is CC.Fc1ccc(CNc2nc(N3CCC34CCCC4)c3ccccc3n2)cn1. The molecule has 2 fully saturated rings. The topological polar surface area (TPSA) is 53.9 Å². The fourth-order valence-corrected chi connectivity index (χ4v) is 4.46. The van der Waals surface area contributed by atoms with Gasteiger partial charge in [-0.15, -0.1) is 0 Å². The summed E-state index contributed by atoms with van der Waals surface area (Å²) in [4.78, 5) is 15.8. The Morgan fingerprint density at radius 3 is 2.52 bits per heavy atom. The van der Waals surface area contributed by atoms with Crippen molar-refractivity contribution in [3.05, 3.63) is 54.1 Å². The van der Waals surface area contributed by atoms with Crippen LogP contribution in [0.5, 0.6) is 0 Å². The second kappa shape index (κ2) is 8.31. The summed E-state index contributed by atoms with van der Waals surface area (Å²) in [6.07, 6.45) is 7.93. The number of hydrogen-bond acceptors (Lipinski definition) is 5. The lowest BCUT2D eigenvalue weighted by Gasteiger charge is -2.52. The molecule has 0 bridgehead atoms. The lowest BCUT2D eigenvalue weighted by Crippen LogP contribution is -2.58. The minimum atomic E-state index is -0.470. The number of rotatable bonds is 4. The van der Waals surface area contributed by atoms with Gasteiger partial charge >= 0.3 is 0 Å². The van der Waals surface area contributed by atoms with Crippen molar-refractivity contribution in [3.8, 4) is 0 Å². The molecule has 1 spiro atoms. The van der Waals surface area contributed by atoms with Crippen molar-refractivity contribution in [2.24, 2.45) is 0 Å². The van der Waals surface area contributed by atoms with Crippen LogP contribution in [0, 0.1) is 5.95 Å².